The molecule has 1 aliphatic rings. The molecule has 0 amide bonds. The van der Waals surface area contributed by atoms with Gasteiger partial charge in [0.05, 0.1) is 6.04 Å². The molecule has 1 heterocycles. The number of nitrogens with two attached hydrogens (primary N) is 1. The molecule has 104 valence electrons. The molecule has 20 heavy (non-hydrogen) atoms. The highest BCUT2D eigenvalue weighted by Crippen LogP contribution is 2.41. The molecule has 0 spiro atoms. The van der Waals surface area contributed by atoms with Gasteiger partial charge in [0.1, 0.15) is 0 Å². The van der Waals surface area contributed by atoms with E-state index in [-0.39, 0.29) is 12.0 Å². The smallest absolute Gasteiger partial charge is 0.0558 e. The van der Waals surface area contributed by atoms with E-state index in [1.54, 1.807) is 0 Å². The predicted molar refractivity (Wildman–Crippen MR) is 81.6 cm³/mol. The van der Waals surface area contributed by atoms with Crippen LogP contribution in [-0.2, 0) is 6.42 Å². The van der Waals surface area contributed by atoms with Crippen molar-refractivity contribution in [1.29, 1.82) is 0 Å². The number of aryl methyl sites for hydroxylation is 2. The van der Waals surface area contributed by atoms with Gasteiger partial charge in [-0.3, -0.25) is 16.3 Å². The summed E-state index contributed by atoms with van der Waals surface area (Å²) in [6.45, 7) is 2.03. The van der Waals surface area contributed by atoms with Crippen LogP contribution in [-0.4, -0.2) is 4.98 Å². The fourth-order valence-corrected chi connectivity index (χ4v) is 3.43. The molecule has 2 atom stereocenters. The Balaban J connectivity index is 1.99. The van der Waals surface area contributed by atoms with E-state index in [1.807, 2.05) is 25.3 Å². The summed E-state index contributed by atoms with van der Waals surface area (Å²) in [4.78, 5) is 4.54. The minimum absolute atomic E-state index is 0.000694. The van der Waals surface area contributed by atoms with Gasteiger partial charge in [-0.05, 0) is 48.6 Å². The Labute approximate surface area is 124 Å². The lowest BCUT2D eigenvalue weighted by molar-refractivity contribution is 0.447. The van der Waals surface area contributed by atoms with Gasteiger partial charge in [0, 0.05) is 22.8 Å². The van der Waals surface area contributed by atoms with E-state index in [1.165, 1.54) is 5.56 Å². The molecule has 3 N–H and O–H groups in total. The van der Waals surface area contributed by atoms with E-state index in [9.17, 15) is 0 Å². The molecule has 0 aliphatic heterocycles. The summed E-state index contributed by atoms with van der Waals surface area (Å²) < 4.78 is 0. The summed E-state index contributed by atoms with van der Waals surface area (Å²) in [5.74, 6) is 6.09. The summed E-state index contributed by atoms with van der Waals surface area (Å²) in [5, 5.41) is 0.761. The topological polar surface area (TPSA) is 50.9 Å². The van der Waals surface area contributed by atoms with E-state index in [0.29, 0.717) is 0 Å². The lowest BCUT2D eigenvalue weighted by Crippen LogP contribution is -2.32. The second-order valence-electron chi connectivity index (χ2n) is 5.36. The van der Waals surface area contributed by atoms with Crippen molar-refractivity contribution in [3.63, 3.8) is 0 Å². The molecule has 2 unspecified atom stereocenters. The van der Waals surface area contributed by atoms with Crippen molar-refractivity contribution in [2.45, 2.75) is 31.7 Å². The van der Waals surface area contributed by atoms with E-state index in [0.717, 1.165) is 34.7 Å². The first-order valence-corrected chi connectivity index (χ1v) is 7.24. The monoisotopic (exact) mass is 287 g/mol. The van der Waals surface area contributed by atoms with Crippen molar-refractivity contribution in [3.05, 3.63) is 63.9 Å². The summed E-state index contributed by atoms with van der Waals surface area (Å²) in [7, 11) is 0. The average molecular weight is 288 g/mol. The largest absolute Gasteiger partial charge is 0.271 e. The average Bonchev–Trinajstić information content (AvgIpc) is 2.86. The number of rotatable bonds is 3. The maximum absolute atomic E-state index is 6.39. The Morgan fingerprint density at radius 2 is 2.25 bits per heavy atom. The van der Waals surface area contributed by atoms with Crippen LogP contribution in [0, 0.1) is 6.92 Å². The molecule has 0 saturated carbocycles. The van der Waals surface area contributed by atoms with Crippen LogP contribution in [0.2, 0.25) is 5.02 Å². The van der Waals surface area contributed by atoms with Gasteiger partial charge in [-0.2, -0.15) is 0 Å². The fourth-order valence-electron chi connectivity index (χ4n) is 3.08. The molecule has 0 bridgehead atoms. The Morgan fingerprint density at radius 3 is 3.00 bits per heavy atom. The molecule has 1 aromatic carbocycles. The van der Waals surface area contributed by atoms with Crippen molar-refractivity contribution >= 4 is 11.6 Å². The van der Waals surface area contributed by atoms with Crippen molar-refractivity contribution in [2.75, 3.05) is 0 Å². The SMILES string of the molecule is Cc1ccc(C(NN)C2CCc3cccnc32)c(Cl)c1. The van der Waals surface area contributed by atoms with Gasteiger partial charge in [-0.25, -0.2) is 0 Å². The van der Waals surface area contributed by atoms with Crippen LogP contribution in [0.5, 0.6) is 0 Å². The third-order valence-electron chi connectivity index (χ3n) is 4.07. The maximum Gasteiger partial charge on any atom is 0.0558 e. The highest BCUT2D eigenvalue weighted by Gasteiger charge is 2.32. The van der Waals surface area contributed by atoms with Gasteiger partial charge in [-0.1, -0.05) is 29.8 Å². The van der Waals surface area contributed by atoms with Gasteiger partial charge in [0.15, 0.2) is 0 Å². The third kappa shape index (κ3) is 2.33. The highest BCUT2D eigenvalue weighted by atomic mass is 35.5. The zero-order valence-electron chi connectivity index (χ0n) is 11.4. The molecule has 4 heteroatoms. The molecule has 2 aromatic rings. The first kappa shape index (κ1) is 13.6. The van der Waals surface area contributed by atoms with Crippen LogP contribution in [0.15, 0.2) is 36.5 Å². The van der Waals surface area contributed by atoms with Crippen LogP contribution < -0.4 is 11.3 Å². The van der Waals surface area contributed by atoms with Gasteiger partial charge < -0.3 is 0 Å². The summed E-state index contributed by atoms with van der Waals surface area (Å²) in [6, 6.07) is 10.2. The number of halogens is 1. The number of pyridine rings is 1. The summed E-state index contributed by atoms with van der Waals surface area (Å²) >= 11 is 6.39. The van der Waals surface area contributed by atoms with E-state index >= 15 is 0 Å². The zero-order valence-corrected chi connectivity index (χ0v) is 12.2. The Bertz CT molecular complexity index is 627. The van der Waals surface area contributed by atoms with Gasteiger partial charge in [0.25, 0.3) is 0 Å². The Morgan fingerprint density at radius 1 is 1.40 bits per heavy atom. The molecule has 1 aromatic heterocycles. The quantitative estimate of drug-likeness (QED) is 0.673. The highest BCUT2D eigenvalue weighted by molar-refractivity contribution is 6.31. The van der Waals surface area contributed by atoms with Crippen LogP contribution >= 0.6 is 11.6 Å². The lowest BCUT2D eigenvalue weighted by atomic mass is 9.91. The van der Waals surface area contributed by atoms with Crippen molar-refractivity contribution in [1.82, 2.24) is 10.4 Å². The van der Waals surface area contributed by atoms with Gasteiger partial charge in [0.2, 0.25) is 0 Å². The third-order valence-corrected chi connectivity index (χ3v) is 4.40. The fraction of sp³-hybridized carbons (Fsp3) is 0.312. The Kier molecular flexibility index (Phi) is 3.74. The van der Waals surface area contributed by atoms with E-state index in [4.69, 9.17) is 17.4 Å². The van der Waals surface area contributed by atoms with Crippen LogP contribution in [0.25, 0.3) is 0 Å². The maximum atomic E-state index is 6.39. The van der Waals surface area contributed by atoms with E-state index in [2.05, 4.69) is 28.6 Å². The van der Waals surface area contributed by atoms with Crippen LogP contribution in [0.3, 0.4) is 0 Å². The molecule has 1 aliphatic carbocycles. The minimum Gasteiger partial charge on any atom is -0.271 e. The Hall–Kier alpha value is -1.42. The van der Waals surface area contributed by atoms with Crippen molar-refractivity contribution in [2.24, 2.45) is 5.84 Å². The standard InChI is InChI=1S/C16H18ClN3/c1-10-4-6-12(14(17)9-10)16(20-18)13-7-5-11-3-2-8-19-15(11)13/h2-4,6,8-9,13,16,20H,5,7,18H2,1H3. The summed E-state index contributed by atoms with van der Waals surface area (Å²) in [6.07, 6.45) is 3.95. The number of aromatic nitrogens is 1. The number of nitrogens with one attached hydrogen (secondary N) is 1. The first-order valence-electron chi connectivity index (χ1n) is 6.86. The van der Waals surface area contributed by atoms with Gasteiger partial charge >= 0.3 is 0 Å². The normalized spacial score (nSPS) is 18.9. The molecule has 0 fully saturated rings. The molecular formula is C16H18ClN3. The summed E-state index contributed by atoms with van der Waals surface area (Å²) in [5.41, 5.74) is 7.60. The minimum atomic E-state index is -0.000694. The number of hydrogen-bond acceptors (Lipinski definition) is 3. The molecule has 3 rings (SSSR count). The molecular weight excluding hydrogens is 270 g/mol. The first-order chi connectivity index (χ1) is 9.70. The predicted octanol–water partition coefficient (Wildman–Crippen LogP) is 3.28. The van der Waals surface area contributed by atoms with E-state index < -0.39 is 0 Å². The van der Waals surface area contributed by atoms with Crippen molar-refractivity contribution in [3.8, 4) is 0 Å². The number of benzene rings is 1. The van der Waals surface area contributed by atoms with Crippen LogP contribution in [0.1, 0.15) is 40.8 Å². The number of fused-ring (bicyclic) bond motifs is 1. The zero-order chi connectivity index (χ0) is 14.1. The second kappa shape index (κ2) is 5.52. The second-order valence-corrected chi connectivity index (χ2v) is 5.77. The number of hydrogen-bond donors (Lipinski definition) is 2. The molecule has 0 radical (unpaired) electrons. The van der Waals surface area contributed by atoms with Crippen molar-refractivity contribution < 1.29 is 0 Å². The number of hydrazine groups is 1. The number of nitrogens with zero attached hydrogens (tertiary/aromatic N) is 1. The van der Waals surface area contributed by atoms with Gasteiger partial charge in [-0.15, -0.1) is 0 Å². The molecule has 3 nitrogen and oxygen atoms in total. The lowest BCUT2D eigenvalue weighted by Gasteiger charge is -2.24. The molecule has 0 saturated heterocycles. The van der Waals surface area contributed by atoms with Crippen LogP contribution in [0.4, 0.5) is 0 Å².